The van der Waals surface area contributed by atoms with E-state index in [9.17, 15) is 4.79 Å². The van der Waals surface area contributed by atoms with Crippen LogP contribution in [-0.2, 0) is 11.2 Å². The first kappa shape index (κ1) is 20.2. The Morgan fingerprint density at radius 1 is 1.30 bits per heavy atom. The Bertz CT molecular complexity index is 1030. The summed E-state index contributed by atoms with van der Waals surface area (Å²) in [7, 11) is 1.59. The molecule has 9 heteroatoms. The second-order valence-electron chi connectivity index (χ2n) is 6.77. The number of carbonyl (C=O) groups excluding carboxylic acids is 1. The van der Waals surface area contributed by atoms with E-state index >= 15 is 0 Å². The molecule has 1 N–H and O–H groups in total. The van der Waals surface area contributed by atoms with Gasteiger partial charge in [-0.15, -0.1) is 10.2 Å². The quantitative estimate of drug-likeness (QED) is 0.647. The second kappa shape index (κ2) is 9.19. The zero-order valence-electron chi connectivity index (χ0n) is 16.9. The molecule has 30 heavy (non-hydrogen) atoms. The Morgan fingerprint density at radius 2 is 2.17 bits per heavy atom. The summed E-state index contributed by atoms with van der Waals surface area (Å²) >= 11 is 1.51. The number of nitrogens with zero attached hydrogens (tertiary/aromatic N) is 4. The third-order valence-corrected chi connectivity index (χ3v) is 5.76. The lowest BCUT2D eigenvalue weighted by Crippen LogP contribution is -2.42. The largest absolute Gasteiger partial charge is 0.497 e. The van der Waals surface area contributed by atoms with Crippen LogP contribution in [0.5, 0.6) is 5.75 Å². The maximum Gasteiger partial charge on any atom is 0.254 e. The van der Waals surface area contributed by atoms with Crippen molar-refractivity contribution in [2.75, 3.05) is 32.1 Å². The lowest BCUT2D eigenvalue weighted by atomic mass is 10.1. The van der Waals surface area contributed by atoms with Gasteiger partial charge in [0.2, 0.25) is 5.13 Å². The van der Waals surface area contributed by atoms with Crippen LogP contribution in [0.1, 0.15) is 34.1 Å². The van der Waals surface area contributed by atoms with E-state index in [1.165, 1.54) is 11.3 Å². The van der Waals surface area contributed by atoms with Gasteiger partial charge in [-0.2, -0.15) is 0 Å². The smallest absolute Gasteiger partial charge is 0.254 e. The van der Waals surface area contributed by atoms with Gasteiger partial charge in [0.25, 0.3) is 5.91 Å². The summed E-state index contributed by atoms with van der Waals surface area (Å²) in [5.74, 6) is 1.29. The summed E-state index contributed by atoms with van der Waals surface area (Å²) in [6.07, 6.45) is 0.551. The summed E-state index contributed by atoms with van der Waals surface area (Å²) in [6.45, 7) is 3.47. The highest BCUT2D eigenvalue weighted by atomic mass is 32.1. The fraction of sp³-hybridized carbons (Fsp3) is 0.333. The lowest BCUT2D eigenvalue weighted by molar-refractivity contribution is -0.0246. The molecule has 0 spiro atoms. The van der Waals surface area contributed by atoms with Gasteiger partial charge >= 0.3 is 0 Å². The summed E-state index contributed by atoms with van der Waals surface area (Å²) in [4.78, 5) is 19.4. The molecule has 0 unspecified atom stereocenters. The highest BCUT2D eigenvalue weighted by Crippen LogP contribution is 2.25. The molecule has 1 saturated heterocycles. The highest BCUT2D eigenvalue weighted by Gasteiger charge is 2.27. The van der Waals surface area contributed by atoms with Crippen molar-refractivity contribution in [2.45, 2.75) is 19.4 Å². The van der Waals surface area contributed by atoms with Gasteiger partial charge in [-0.1, -0.05) is 30.4 Å². The van der Waals surface area contributed by atoms with Crippen molar-refractivity contribution in [3.63, 3.8) is 0 Å². The van der Waals surface area contributed by atoms with Crippen molar-refractivity contribution >= 4 is 28.2 Å². The number of ether oxygens (including phenoxy) is 2. The molecule has 0 saturated carbocycles. The standard InChI is InChI=1S/C21H23N5O3S/c1-3-19-24-25-21(30-19)23-18-9-5-8-16(22-18)17-13-26(10-11-29-17)20(27)14-6-4-7-15(12-14)28-2/h4-9,12,17H,3,10-11,13H2,1-2H3,(H,22,23,25)/t17-/m1/s1. The summed E-state index contributed by atoms with van der Waals surface area (Å²) in [6, 6.07) is 12.9. The number of carbonyl (C=O) groups is 1. The SMILES string of the molecule is CCc1nnc(Nc2cccc([C@H]3CN(C(=O)c4cccc(OC)c4)CCO3)n2)s1. The van der Waals surface area contributed by atoms with Crippen LogP contribution in [0.2, 0.25) is 0 Å². The lowest BCUT2D eigenvalue weighted by Gasteiger charge is -2.33. The van der Waals surface area contributed by atoms with Crippen molar-refractivity contribution in [1.29, 1.82) is 0 Å². The fourth-order valence-corrected chi connectivity index (χ4v) is 3.89. The van der Waals surface area contributed by atoms with Gasteiger partial charge < -0.3 is 19.7 Å². The Hall–Kier alpha value is -3.04. The molecule has 1 fully saturated rings. The monoisotopic (exact) mass is 425 g/mol. The molecule has 1 amide bonds. The highest BCUT2D eigenvalue weighted by molar-refractivity contribution is 7.15. The van der Waals surface area contributed by atoms with Crippen molar-refractivity contribution in [1.82, 2.24) is 20.1 Å². The van der Waals surface area contributed by atoms with Gasteiger partial charge in [-0.05, 0) is 36.8 Å². The van der Waals surface area contributed by atoms with Gasteiger partial charge in [0.15, 0.2) is 0 Å². The topological polar surface area (TPSA) is 89.5 Å². The third kappa shape index (κ3) is 4.58. The van der Waals surface area contributed by atoms with Gasteiger partial charge in [-0.25, -0.2) is 4.98 Å². The fourth-order valence-electron chi connectivity index (χ4n) is 3.21. The van der Waals surface area contributed by atoms with E-state index < -0.39 is 0 Å². The number of anilines is 2. The zero-order valence-corrected chi connectivity index (χ0v) is 17.7. The number of morpholine rings is 1. The number of nitrogens with one attached hydrogen (secondary N) is 1. The van der Waals surface area contributed by atoms with E-state index in [2.05, 4.69) is 20.5 Å². The van der Waals surface area contributed by atoms with Crippen LogP contribution in [-0.4, -0.2) is 52.8 Å². The summed E-state index contributed by atoms with van der Waals surface area (Å²) in [5, 5.41) is 13.1. The number of hydrogen-bond acceptors (Lipinski definition) is 8. The van der Waals surface area contributed by atoms with E-state index in [0.717, 1.165) is 17.1 Å². The first-order valence-corrected chi connectivity index (χ1v) is 10.6. The molecule has 8 nitrogen and oxygen atoms in total. The maximum atomic E-state index is 13.0. The molecular formula is C21H23N5O3S. The Kier molecular flexibility index (Phi) is 6.20. The number of methoxy groups -OCH3 is 1. The van der Waals surface area contributed by atoms with E-state index in [-0.39, 0.29) is 12.0 Å². The second-order valence-corrected chi connectivity index (χ2v) is 7.83. The first-order valence-electron chi connectivity index (χ1n) is 9.77. The molecule has 1 aromatic carbocycles. The maximum absolute atomic E-state index is 13.0. The van der Waals surface area contributed by atoms with Crippen molar-refractivity contribution in [3.8, 4) is 5.75 Å². The molecule has 3 aromatic rings. The average Bonchev–Trinajstić information content (AvgIpc) is 3.26. The average molecular weight is 426 g/mol. The summed E-state index contributed by atoms with van der Waals surface area (Å²) in [5.41, 5.74) is 1.37. The van der Waals surface area contributed by atoms with Crippen LogP contribution in [0.3, 0.4) is 0 Å². The van der Waals surface area contributed by atoms with Gasteiger partial charge in [0.05, 0.1) is 26.0 Å². The number of aromatic nitrogens is 3. The third-order valence-electron chi connectivity index (χ3n) is 4.78. The predicted molar refractivity (Wildman–Crippen MR) is 114 cm³/mol. The number of benzene rings is 1. The molecule has 1 aliphatic heterocycles. The molecule has 3 heterocycles. The minimum Gasteiger partial charge on any atom is -0.497 e. The molecule has 0 radical (unpaired) electrons. The minimum absolute atomic E-state index is 0.0440. The predicted octanol–water partition coefficient (Wildman–Crippen LogP) is 3.46. The van der Waals surface area contributed by atoms with E-state index in [4.69, 9.17) is 9.47 Å². The Morgan fingerprint density at radius 3 is 2.97 bits per heavy atom. The van der Waals surface area contributed by atoms with Crippen LogP contribution < -0.4 is 10.1 Å². The van der Waals surface area contributed by atoms with Gasteiger partial charge in [0.1, 0.15) is 22.7 Å². The van der Waals surface area contributed by atoms with E-state index in [1.54, 1.807) is 24.1 Å². The minimum atomic E-state index is -0.296. The van der Waals surface area contributed by atoms with E-state index in [1.807, 2.05) is 37.3 Å². The Labute approximate surface area is 178 Å². The number of amides is 1. The molecule has 1 atom stereocenters. The molecular weight excluding hydrogens is 402 g/mol. The number of aryl methyl sites for hydroxylation is 1. The van der Waals surface area contributed by atoms with Crippen molar-refractivity contribution < 1.29 is 14.3 Å². The molecule has 4 rings (SSSR count). The molecule has 2 aromatic heterocycles. The summed E-state index contributed by atoms with van der Waals surface area (Å²) < 4.78 is 11.2. The molecule has 1 aliphatic rings. The van der Waals surface area contributed by atoms with E-state index in [0.29, 0.717) is 42.0 Å². The number of hydrogen-bond donors (Lipinski definition) is 1. The molecule has 0 bridgehead atoms. The van der Waals surface area contributed by atoms with Gasteiger partial charge in [-0.3, -0.25) is 4.79 Å². The van der Waals surface area contributed by atoms with Crippen LogP contribution in [0.4, 0.5) is 10.9 Å². The van der Waals surface area contributed by atoms with Crippen LogP contribution >= 0.6 is 11.3 Å². The molecule has 156 valence electrons. The van der Waals surface area contributed by atoms with Crippen molar-refractivity contribution in [2.24, 2.45) is 0 Å². The van der Waals surface area contributed by atoms with Gasteiger partial charge in [0, 0.05) is 12.1 Å². The van der Waals surface area contributed by atoms with Crippen molar-refractivity contribution in [3.05, 3.63) is 58.7 Å². The van der Waals surface area contributed by atoms with Crippen LogP contribution in [0.25, 0.3) is 0 Å². The van der Waals surface area contributed by atoms with Crippen LogP contribution in [0, 0.1) is 0 Å². The first-order chi connectivity index (χ1) is 14.7. The van der Waals surface area contributed by atoms with Crippen LogP contribution in [0.15, 0.2) is 42.5 Å². The molecule has 0 aliphatic carbocycles. The number of pyridine rings is 1. The zero-order chi connectivity index (χ0) is 20.9. The normalized spacial score (nSPS) is 16.3. The Balaban J connectivity index is 1.47. The number of rotatable bonds is 6.